The van der Waals surface area contributed by atoms with Gasteiger partial charge in [-0.3, -0.25) is 4.79 Å². The van der Waals surface area contributed by atoms with E-state index in [0.29, 0.717) is 0 Å². The molecule has 0 aliphatic rings. The van der Waals surface area contributed by atoms with Gasteiger partial charge in [0.2, 0.25) is 0 Å². The summed E-state index contributed by atoms with van der Waals surface area (Å²) >= 11 is 3.03. The molecule has 2 aromatic heterocycles. The van der Waals surface area contributed by atoms with E-state index in [1.807, 2.05) is 19.2 Å². The molecule has 8 heteroatoms. The Balaban J connectivity index is 2.13. The molecule has 2 aromatic rings. The molecule has 2 heterocycles. The van der Waals surface area contributed by atoms with E-state index >= 15 is 0 Å². The molecule has 19 heavy (non-hydrogen) atoms. The lowest BCUT2D eigenvalue weighted by Gasteiger charge is -1.93. The highest BCUT2D eigenvalue weighted by Gasteiger charge is 2.13. The Morgan fingerprint density at radius 2 is 2.26 bits per heavy atom. The van der Waals surface area contributed by atoms with Crippen LogP contribution in [-0.2, 0) is 11.2 Å². The number of aryl methyl sites for hydroxylation is 2. The number of hydrogen-bond donors (Lipinski definition) is 0. The molecule has 6 nitrogen and oxygen atoms in total. The lowest BCUT2D eigenvalue weighted by Crippen LogP contribution is -2.05. The van der Waals surface area contributed by atoms with Gasteiger partial charge >= 0.3 is 0 Å². The van der Waals surface area contributed by atoms with E-state index in [9.17, 15) is 4.79 Å². The quantitative estimate of drug-likeness (QED) is 0.481. The van der Waals surface area contributed by atoms with Gasteiger partial charge in [0.15, 0.2) is 0 Å². The molecule has 0 aliphatic carbocycles. The fraction of sp³-hybridized carbons (Fsp3) is 0.364. The van der Waals surface area contributed by atoms with Crippen LogP contribution in [0.4, 0.5) is 0 Å². The number of carbonyl (C=O) groups excluding carboxylic acids is 1. The van der Waals surface area contributed by atoms with E-state index in [-0.39, 0.29) is 18.7 Å². The summed E-state index contributed by atoms with van der Waals surface area (Å²) in [6.45, 7) is 3.78. The largest absolute Gasteiger partial charge is 0.299 e. The van der Waals surface area contributed by atoms with E-state index in [2.05, 4.69) is 20.0 Å². The minimum absolute atomic E-state index is 0.121. The number of rotatable bonds is 5. The fourth-order valence-electron chi connectivity index (χ4n) is 1.60. The van der Waals surface area contributed by atoms with Crippen molar-refractivity contribution in [2.45, 2.75) is 20.3 Å². The average molecular weight is 293 g/mol. The number of nitrogens with zero attached hydrogens (tertiary/aromatic N) is 5. The minimum Gasteiger partial charge on any atom is -0.299 e. The van der Waals surface area contributed by atoms with Gasteiger partial charge in [-0.25, -0.2) is 9.97 Å². The van der Waals surface area contributed by atoms with Gasteiger partial charge < -0.3 is 0 Å². The highest BCUT2D eigenvalue weighted by atomic mass is 32.1. The number of ketones is 1. The van der Waals surface area contributed by atoms with Crippen LogP contribution in [0.15, 0.2) is 10.5 Å². The number of carbonyl (C=O) groups is 1. The van der Waals surface area contributed by atoms with Crippen LogP contribution in [0.3, 0.4) is 0 Å². The molecule has 0 saturated heterocycles. The van der Waals surface area contributed by atoms with Gasteiger partial charge in [0.1, 0.15) is 10.8 Å². The Labute approximate surface area is 117 Å². The number of thiazole rings is 2. The van der Waals surface area contributed by atoms with Crippen LogP contribution in [0.1, 0.15) is 15.7 Å². The molecule has 2 rings (SSSR count). The molecule has 0 amide bonds. The first-order valence-electron chi connectivity index (χ1n) is 5.51. The fourth-order valence-corrected chi connectivity index (χ4v) is 3.37. The van der Waals surface area contributed by atoms with Crippen LogP contribution >= 0.6 is 22.7 Å². The highest BCUT2D eigenvalue weighted by Crippen LogP contribution is 2.30. The molecular formula is C11H11N5OS2. The maximum Gasteiger partial charge on any atom is 0.145 e. The molecule has 0 unspecified atom stereocenters. The molecule has 0 aromatic carbocycles. The lowest BCUT2D eigenvalue weighted by molar-refractivity contribution is -0.117. The number of hydrogen-bond acceptors (Lipinski definition) is 6. The van der Waals surface area contributed by atoms with Crippen molar-refractivity contribution in [1.82, 2.24) is 9.97 Å². The van der Waals surface area contributed by atoms with Gasteiger partial charge in [-0.2, -0.15) is 0 Å². The predicted octanol–water partition coefficient (Wildman–Crippen LogP) is 3.31. The topological polar surface area (TPSA) is 91.6 Å². The second-order valence-electron chi connectivity index (χ2n) is 3.88. The van der Waals surface area contributed by atoms with Crippen molar-refractivity contribution in [2.75, 3.05) is 6.54 Å². The summed E-state index contributed by atoms with van der Waals surface area (Å²) in [5, 5.41) is 6.91. The van der Waals surface area contributed by atoms with Gasteiger partial charge in [0, 0.05) is 10.3 Å². The molecule has 0 bridgehead atoms. The van der Waals surface area contributed by atoms with Crippen molar-refractivity contribution in [3.63, 3.8) is 0 Å². The zero-order valence-corrected chi connectivity index (χ0v) is 12.1. The summed E-state index contributed by atoms with van der Waals surface area (Å²) in [7, 11) is 0. The molecular weight excluding hydrogens is 282 g/mol. The van der Waals surface area contributed by atoms with Crippen molar-refractivity contribution >= 4 is 28.5 Å². The van der Waals surface area contributed by atoms with Gasteiger partial charge in [0.05, 0.1) is 34.2 Å². The minimum atomic E-state index is -0.129. The molecule has 0 radical (unpaired) electrons. The van der Waals surface area contributed by atoms with Gasteiger partial charge in [-0.15, -0.1) is 22.7 Å². The third-order valence-electron chi connectivity index (χ3n) is 2.35. The van der Waals surface area contributed by atoms with E-state index < -0.39 is 0 Å². The summed E-state index contributed by atoms with van der Waals surface area (Å²) in [6, 6.07) is 0. The van der Waals surface area contributed by atoms with Gasteiger partial charge in [0.25, 0.3) is 0 Å². The second kappa shape index (κ2) is 5.92. The van der Waals surface area contributed by atoms with Gasteiger partial charge in [-0.05, 0) is 19.4 Å². The number of azide groups is 1. The molecule has 0 atom stereocenters. The predicted molar refractivity (Wildman–Crippen MR) is 75.4 cm³/mol. The molecule has 98 valence electrons. The molecule has 0 fully saturated rings. The Hall–Kier alpha value is -1.76. The van der Waals surface area contributed by atoms with Crippen LogP contribution < -0.4 is 0 Å². The monoisotopic (exact) mass is 293 g/mol. The van der Waals surface area contributed by atoms with Crippen LogP contribution in [0.2, 0.25) is 0 Å². The summed E-state index contributed by atoms with van der Waals surface area (Å²) in [4.78, 5) is 23.9. The summed E-state index contributed by atoms with van der Waals surface area (Å²) in [5.41, 5.74) is 9.97. The van der Waals surface area contributed by atoms with E-state index in [0.717, 1.165) is 26.3 Å². The zero-order chi connectivity index (χ0) is 13.8. The van der Waals surface area contributed by atoms with Crippen molar-refractivity contribution in [1.29, 1.82) is 0 Å². The second-order valence-corrected chi connectivity index (χ2v) is 6.02. The Kier molecular flexibility index (Phi) is 4.26. The number of aromatic nitrogens is 2. The van der Waals surface area contributed by atoms with Crippen LogP contribution in [-0.4, -0.2) is 22.3 Å². The smallest absolute Gasteiger partial charge is 0.145 e. The normalized spacial score (nSPS) is 10.2. The molecule has 0 aliphatic heterocycles. The van der Waals surface area contributed by atoms with Crippen LogP contribution in [0.5, 0.6) is 0 Å². The van der Waals surface area contributed by atoms with Crippen molar-refractivity contribution in [3.8, 4) is 10.6 Å². The first-order chi connectivity index (χ1) is 9.10. The average Bonchev–Trinajstić information content (AvgIpc) is 2.93. The number of Topliss-reactive ketones (excluding diaryl/α,β-unsaturated/α-hetero) is 1. The maximum absolute atomic E-state index is 11.5. The van der Waals surface area contributed by atoms with E-state index in [4.69, 9.17) is 5.53 Å². The van der Waals surface area contributed by atoms with E-state index in [1.54, 1.807) is 11.3 Å². The molecule has 0 N–H and O–H groups in total. The zero-order valence-electron chi connectivity index (χ0n) is 10.5. The van der Waals surface area contributed by atoms with Crippen molar-refractivity contribution in [2.24, 2.45) is 5.11 Å². The van der Waals surface area contributed by atoms with Crippen molar-refractivity contribution in [3.05, 3.63) is 31.5 Å². The molecule has 0 saturated carbocycles. The van der Waals surface area contributed by atoms with Gasteiger partial charge in [-0.1, -0.05) is 5.11 Å². The first-order valence-corrected chi connectivity index (χ1v) is 7.21. The van der Waals surface area contributed by atoms with Crippen LogP contribution in [0.25, 0.3) is 21.0 Å². The lowest BCUT2D eigenvalue weighted by atomic mass is 10.3. The van der Waals surface area contributed by atoms with Crippen LogP contribution in [0, 0.1) is 13.8 Å². The molecule has 0 spiro atoms. The third kappa shape index (κ3) is 3.37. The Morgan fingerprint density at radius 1 is 1.47 bits per heavy atom. The summed E-state index contributed by atoms with van der Waals surface area (Å²) in [5.74, 6) is -0.129. The summed E-state index contributed by atoms with van der Waals surface area (Å²) in [6.07, 6.45) is 0.209. The third-order valence-corrected chi connectivity index (χ3v) is 4.29. The Bertz CT molecular complexity index is 654. The van der Waals surface area contributed by atoms with E-state index in [1.165, 1.54) is 11.3 Å². The standard InChI is InChI=1S/C11H11N5OS2/c1-6-11(19-7(2)14-6)9-5-18-10(15-9)3-8(17)4-13-16-12/h5H,3-4H2,1-2H3. The maximum atomic E-state index is 11.5. The SMILES string of the molecule is Cc1nc(C)c(-c2csc(CC(=O)CN=[N+]=[N-])n2)s1. The highest BCUT2D eigenvalue weighted by molar-refractivity contribution is 7.16. The summed E-state index contributed by atoms with van der Waals surface area (Å²) < 4.78 is 0. The Morgan fingerprint density at radius 3 is 2.89 bits per heavy atom. The van der Waals surface area contributed by atoms with Crippen molar-refractivity contribution < 1.29 is 4.79 Å². The first kappa shape index (κ1) is 13.7.